The van der Waals surface area contributed by atoms with Crippen LogP contribution in [0.4, 0.5) is 0 Å². The van der Waals surface area contributed by atoms with Crippen LogP contribution in [0.15, 0.2) is 47.7 Å². The number of hydrogen-bond acceptors (Lipinski definition) is 4. The molecule has 1 aromatic carbocycles. The zero-order valence-electron chi connectivity index (χ0n) is 16.2. The number of aromatic nitrogens is 1. The first-order chi connectivity index (χ1) is 13.7. The normalized spacial score (nSPS) is 19.0. The number of nitrogens with zero attached hydrogens (tertiary/aromatic N) is 1. The lowest BCUT2D eigenvalue weighted by atomic mass is 10.1. The summed E-state index contributed by atoms with van der Waals surface area (Å²) in [7, 11) is 0. The third-order valence-corrected chi connectivity index (χ3v) is 5.72. The molecule has 6 heteroatoms. The average molecular weight is 398 g/mol. The van der Waals surface area contributed by atoms with E-state index in [0.29, 0.717) is 12.6 Å². The summed E-state index contributed by atoms with van der Waals surface area (Å²) in [6.07, 6.45) is 8.43. The minimum Gasteiger partial charge on any atom is -0.368 e. The fraction of sp³-hybridized carbons (Fsp3) is 0.409. The third-order valence-electron chi connectivity index (χ3n) is 5.37. The first-order valence-corrected chi connectivity index (χ1v) is 10.4. The molecule has 4 N–H and O–H groups in total. The summed E-state index contributed by atoms with van der Waals surface area (Å²) >= 11 is 6.52. The van der Waals surface area contributed by atoms with Crippen LogP contribution in [0.3, 0.4) is 0 Å². The molecule has 5 nitrogen and oxygen atoms in total. The van der Waals surface area contributed by atoms with E-state index in [2.05, 4.69) is 62.9 Å². The van der Waals surface area contributed by atoms with E-state index in [0.717, 1.165) is 71.2 Å². The van der Waals surface area contributed by atoms with E-state index >= 15 is 0 Å². The monoisotopic (exact) mass is 397 g/mol. The van der Waals surface area contributed by atoms with E-state index in [9.17, 15) is 0 Å². The topological polar surface area (TPSA) is 64.2 Å². The molecule has 0 amide bonds. The highest BCUT2D eigenvalue weighted by molar-refractivity contribution is 6.32. The number of aromatic amines is 1. The highest BCUT2D eigenvalue weighted by atomic mass is 35.5. The maximum atomic E-state index is 6.52. The van der Waals surface area contributed by atoms with Crippen LogP contribution in [0, 0.1) is 0 Å². The summed E-state index contributed by atoms with van der Waals surface area (Å²) < 4.78 is 0. The number of aryl methyl sites for hydroxylation is 1. The van der Waals surface area contributed by atoms with Gasteiger partial charge in [0.1, 0.15) is 0 Å². The Morgan fingerprint density at radius 2 is 2.21 bits per heavy atom. The van der Waals surface area contributed by atoms with Gasteiger partial charge >= 0.3 is 0 Å². The van der Waals surface area contributed by atoms with Gasteiger partial charge in [0.25, 0.3) is 0 Å². The van der Waals surface area contributed by atoms with Gasteiger partial charge in [-0.3, -0.25) is 4.99 Å². The zero-order chi connectivity index (χ0) is 19.3. The smallest absolute Gasteiger partial charge is 0.0918 e. The van der Waals surface area contributed by atoms with Crippen LogP contribution in [0.25, 0.3) is 10.9 Å². The fourth-order valence-corrected chi connectivity index (χ4v) is 4.12. The molecule has 1 fully saturated rings. The molecule has 2 aliphatic heterocycles. The quantitative estimate of drug-likeness (QED) is 0.549. The maximum absolute atomic E-state index is 6.52. The Hall–Kier alpha value is -2.24. The van der Waals surface area contributed by atoms with Crippen LogP contribution < -0.4 is 16.0 Å². The van der Waals surface area contributed by atoms with E-state index in [1.54, 1.807) is 0 Å². The van der Waals surface area contributed by atoms with Gasteiger partial charge in [0.05, 0.1) is 18.9 Å². The lowest BCUT2D eigenvalue weighted by Gasteiger charge is -2.26. The molecule has 1 atom stereocenters. The van der Waals surface area contributed by atoms with Crippen LogP contribution in [-0.4, -0.2) is 36.4 Å². The zero-order valence-corrected chi connectivity index (χ0v) is 16.9. The second-order valence-electron chi connectivity index (χ2n) is 7.58. The number of halogens is 1. The number of benzene rings is 1. The summed E-state index contributed by atoms with van der Waals surface area (Å²) in [6.45, 7) is 7.73. The molecular formula is C22H28ClN5. The largest absolute Gasteiger partial charge is 0.368 e. The number of H-pyrrole nitrogens is 1. The molecule has 148 valence electrons. The summed E-state index contributed by atoms with van der Waals surface area (Å²) in [5.74, 6) is 0.872. The van der Waals surface area contributed by atoms with Crippen LogP contribution >= 0.6 is 11.6 Å². The van der Waals surface area contributed by atoms with Gasteiger partial charge in [0, 0.05) is 39.9 Å². The van der Waals surface area contributed by atoms with Gasteiger partial charge in [-0.2, -0.15) is 0 Å². The number of piperidine rings is 1. The first kappa shape index (κ1) is 19.1. The van der Waals surface area contributed by atoms with Gasteiger partial charge in [-0.15, -0.1) is 0 Å². The highest BCUT2D eigenvalue weighted by Gasteiger charge is 2.13. The summed E-state index contributed by atoms with van der Waals surface area (Å²) in [5.41, 5.74) is 4.56. The predicted molar refractivity (Wildman–Crippen MR) is 118 cm³/mol. The molecule has 2 aromatic rings. The van der Waals surface area contributed by atoms with Gasteiger partial charge < -0.3 is 20.9 Å². The highest BCUT2D eigenvalue weighted by Crippen LogP contribution is 2.26. The number of aliphatic imine (C=N–C) groups is 1. The van der Waals surface area contributed by atoms with Crippen LogP contribution in [0.2, 0.25) is 5.02 Å². The van der Waals surface area contributed by atoms with Crippen molar-refractivity contribution in [2.75, 3.05) is 19.6 Å². The Kier molecular flexibility index (Phi) is 6.03. The summed E-state index contributed by atoms with van der Waals surface area (Å²) in [4.78, 5) is 7.96. The van der Waals surface area contributed by atoms with Crippen molar-refractivity contribution in [2.45, 2.75) is 38.3 Å². The number of nitrogens with one attached hydrogen (secondary N) is 4. The molecule has 0 bridgehead atoms. The molecule has 1 aromatic heterocycles. The third kappa shape index (κ3) is 4.78. The molecule has 1 unspecified atom stereocenters. The predicted octanol–water partition coefficient (Wildman–Crippen LogP) is 3.67. The van der Waals surface area contributed by atoms with Crippen molar-refractivity contribution in [1.82, 2.24) is 20.9 Å². The van der Waals surface area contributed by atoms with E-state index < -0.39 is 0 Å². The molecule has 3 heterocycles. The number of fused-ring (bicyclic) bond motifs is 1. The van der Waals surface area contributed by atoms with E-state index in [4.69, 9.17) is 11.6 Å². The molecule has 0 radical (unpaired) electrons. The fourth-order valence-electron chi connectivity index (χ4n) is 3.86. The van der Waals surface area contributed by atoms with E-state index in [1.807, 2.05) is 0 Å². The SMILES string of the molecule is C=C(NCc1cc2cc(Cl)c(CCC3=NCC=C3)cc2[nH]1)NC1CCCNC1. The molecule has 1 saturated heterocycles. The molecule has 28 heavy (non-hydrogen) atoms. The van der Waals surface area contributed by atoms with Crippen molar-refractivity contribution in [3.63, 3.8) is 0 Å². The minimum atomic E-state index is 0.456. The van der Waals surface area contributed by atoms with Gasteiger partial charge in [-0.1, -0.05) is 24.3 Å². The van der Waals surface area contributed by atoms with E-state index in [-0.39, 0.29) is 0 Å². The van der Waals surface area contributed by atoms with Crippen molar-refractivity contribution in [2.24, 2.45) is 4.99 Å². The molecule has 0 spiro atoms. The van der Waals surface area contributed by atoms with Gasteiger partial charge in [0.2, 0.25) is 0 Å². The summed E-state index contributed by atoms with van der Waals surface area (Å²) in [6, 6.07) is 6.83. The van der Waals surface area contributed by atoms with Crippen molar-refractivity contribution < 1.29 is 0 Å². The number of allylic oxidation sites excluding steroid dienone is 1. The Bertz CT molecular complexity index is 905. The molecule has 2 aliphatic rings. The first-order valence-electron chi connectivity index (χ1n) is 10.1. The van der Waals surface area contributed by atoms with Crippen molar-refractivity contribution in [3.05, 3.63) is 59.0 Å². The maximum Gasteiger partial charge on any atom is 0.0918 e. The van der Waals surface area contributed by atoms with Gasteiger partial charge in [-0.05, 0) is 62.1 Å². The Morgan fingerprint density at radius 3 is 3.00 bits per heavy atom. The molecular weight excluding hydrogens is 370 g/mol. The Balaban J connectivity index is 1.35. The Labute approximate surface area is 171 Å². The summed E-state index contributed by atoms with van der Waals surface area (Å²) in [5, 5.41) is 12.2. The second-order valence-corrected chi connectivity index (χ2v) is 7.99. The average Bonchev–Trinajstić information content (AvgIpc) is 3.34. The lowest BCUT2D eigenvalue weighted by Crippen LogP contribution is -2.44. The number of rotatable bonds is 8. The number of hydrogen-bond donors (Lipinski definition) is 4. The van der Waals surface area contributed by atoms with Gasteiger partial charge in [0.15, 0.2) is 0 Å². The molecule has 0 aliphatic carbocycles. The minimum absolute atomic E-state index is 0.456. The van der Waals surface area contributed by atoms with Crippen LogP contribution in [0.5, 0.6) is 0 Å². The van der Waals surface area contributed by atoms with Crippen molar-refractivity contribution in [3.8, 4) is 0 Å². The van der Waals surface area contributed by atoms with Crippen LogP contribution in [0.1, 0.15) is 30.5 Å². The lowest BCUT2D eigenvalue weighted by molar-refractivity contribution is 0.405. The van der Waals surface area contributed by atoms with Crippen molar-refractivity contribution >= 4 is 28.2 Å². The Morgan fingerprint density at radius 1 is 1.29 bits per heavy atom. The second kappa shape index (κ2) is 8.84. The molecule has 4 rings (SSSR count). The van der Waals surface area contributed by atoms with E-state index in [1.165, 1.54) is 12.8 Å². The van der Waals surface area contributed by atoms with Gasteiger partial charge in [-0.25, -0.2) is 0 Å². The standard InChI is InChI=1S/C22H28ClN5/c1-15(27-19-5-2-8-24-13-19)26-14-20-10-17-11-21(23)16(12-22(17)28-20)6-7-18-4-3-9-25-18/h3-4,10-12,19,24,26-28H,1-2,5-9,13-14H2. The molecule has 0 saturated carbocycles. The van der Waals surface area contributed by atoms with Crippen molar-refractivity contribution in [1.29, 1.82) is 0 Å². The van der Waals surface area contributed by atoms with Crippen LogP contribution in [-0.2, 0) is 13.0 Å².